The van der Waals surface area contributed by atoms with Gasteiger partial charge in [0.15, 0.2) is 0 Å². The maximum Gasteiger partial charge on any atom is 0.243 e. The summed E-state index contributed by atoms with van der Waals surface area (Å²) in [4.78, 5) is 38.7. The van der Waals surface area contributed by atoms with Gasteiger partial charge in [-0.1, -0.05) is 41.5 Å². The molecule has 2 amide bonds. The van der Waals surface area contributed by atoms with Crippen LogP contribution >= 0.6 is 0 Å². The van der Waals surface area contributed by atoms with E-state index >= 15 is 0 Å². The molecule has 6 heteroatoms. The Labute approximate surface area is 140 Å². The topological polar surface area (TPSA) is 78.5 Å². The van der Waals surface area contributed by atoms with Gasteiger partial charge < -0.3 is 15.5 Å². The average molecular weight is 327 g/mol. The van der Waals surface area contributed by atoms with Crippen molar-refractivity contribution in [2.75, 3.05) is 27.2 Å². The van der Waals surface area contributed by atoms with Crippen molar-refractivity contribution < 1.29 is 14.4 Å². The summed E-state index contributed by atoms with van der Waals surface area (Å²) in [7, 11) is 3.82. The number of carbonyl (C=O) groups is 3. The highest BCUT2D eigenvalue weighted by Gasteiger charge is 2.32. The maximum atomic E-state index is 12.4. The first-order chi connectivity index (χ1) is 10.2. The van der Waals surface area contributed by atoms with Crippen molar-refractivity contribution in [2.24, 2.45) is 10.8 Å². The van der Waals surface area contributed by atoms with Crippen LogP contribution in [0.4, 0.5) is 0 Å². The minimum Gasteiger partial charge on any atom is -0.353 e. The lowest BCUT2D eigenvalue weighted by molar-refractivity contribution is -0.136. The molecule has 0 heterocycles. The Balaban J connectivity index is 4.96. The minimum atomic E-state index is -0.837. The summed E-state index contributed by atoms with van der Waals surface area (Å²) in [6.45, 7) is 11.9. The summed E-state index contributed by atoms with van der Waals surface area (Å²) in [5.41, 5.74) is -1.17. The number of nitrogens with one attached hydrogen (secondary N) is 2. The highest BCUT2D eigenvalue weighted by atomic mass is 16.2. The summed E-state index contributed by atoms with van der Waals surface area (Å²) in [6.07, 6.45) is -0.000875. The zero-order valence-corrected chi connectivity index (χ0v) is 15.9. The lowest BCUT2D eigenvalue weighted by Crippen LogP contribution is -2.52. The van der Waals surface area contributed by atoms with E-state index in [-0.39, 0.29) is 24.0 Å². The maximum absolute atomic E-state index is 12.4. The molecule has 2 N–H and O–H groups in total. The third-order valence-electron chi connectivity index (χ3n) is 3.39. The van der Waals surface area contributed by atoms with E-state index < -0.39 is 16.9 Å². The molecule has 1 atom stereocenters. The number of ketones is 1. The van der Waals surface area contributed by atoms with Gasteiger partial charge in [-0.15, -0.1) is 0 Å². The van der Waals surface area contributed by atoms with E-state index in [4.69, 9.17) is 0 Å². The molecule has 0 spiro atoms. The molecule has 0 fully saturated rings. The summed E-state index contributed by atoms with van der Waals surface area (Å²) in [5, 5.41) is 5.49. The standard InChI is InChI=1S/C17H33N3O3/c1-16(2,3)13(21)11-12(19-15(23)17(4,5)6)14(22)18-9-10-20(7)8/h12H,9-11H2,1-8H3,(H,18,22)(H,19,23). The quantitative estimate of drug-likeness (QED) is 0.736. The lowest BCUT2D eigenvalue weighted by Gasteiger charge is -2.26. The van der Waals surface area contributed by atoms with Crippen molar-refractivity contribution in [2.45, 2.75) is 54.0 Å². The molecule has 0 radical (unpaired) electrons. The molecule has 0 aliphatic carbocycles. The number of amides is 2. The summed E-state index contributed by atoms with van der Waals surface area (Å²) >= 11 is 0. The van der Waals surface area contributed by atoms with Gasteiger partial charge in [-0.25, -0.2) is 0 Å². The monoisotopic (exact) mass is 327 g/mol. The van der Waals surface area contributed by atoms with Gasteiger partial charge in [-0.2, -0.15) is 0 Å². The van der Waals surface area contributed by atoms with E-state index in [0.29, 0.717) is 13.1 Å². The van der Waals surface area contributed by atoms with Crippen LogP contribution in [0.3, 0.4) is 0 Å². The number of nitrogens with zero attached hydrogens (tertiary/aromatic N) is 1. The Hall–Kier alpha value is -1.43. The zero-order chi connectivity index (χ0) is 18.4. The highest BCUT2D eigenvalue weighted by Crippen LogP contribution is 2.19. The molecule has 1 unspecified atom stereocenters. The summed E-state index contributed by atoms with van der Waals surface area (Å²) in [5.74, 6) is -0.617. The van der Waals surface area contributed by atoms with Gasteiger partial charge in [0.1, 0.15) is 11.8 Å². The van der Waals surface area contributed by atoms with Crippen LogP contribution in [0.1, 0.15) is 48.0 Å². The molecule has 0 bridgehead atoms. The molecular formula is C17H33N3O3. The van der Waals surface area contributed by atoms with Crippen molar-refractivity contribution in [3.05, 3.63) is 0 Å². The fourth-order valence-corrected chi connectivity index (χ4v) is 1.60. The summed E-state index contributed by atoms with van der Waals surface area (Å²) in [6, 6.07) is -0.837. The van der Waals surface area contributed by atoms with Crippen LogP contribution in [0.2, 0.25) is 0 Å². The fraction of sp³-hybridized carbons (Fsp3) is 0.824. The minimum absolute atomic E-state index is 0.000875. The van der Waals surface area contributed by atoms with Crippen molar-refractivity contribution >= 4 is 17.6 Å². The van der Waals surface area contributed by atoms with Crippen LogP contribution in [0.15, 0.2) is 0 Å². The smallest absolute Gasteiger partial charge is 0.243 e. The van der Waals surface area contributed by atoms with Crippen LogP contribution < -0.4 is 10.6 Å². The first-order valence-corrected chi connectivity index (χ1v) is 8.02. The second-order valence-electron chi connectivity index (χ2n) is 8.25. The van der Waals surface area contributed by atoms with Gasteiger partial charge in [0.25, 0.3) is 0 Å². The van der Waals surface area contributed by atoms with E-state index in [1.165, 1.54) is 0 Å². The number of rotatable bonds is 7. The molecule has 0 rings (SSSR count). The van der Waals surface area contributed by atoms with Gasteiger partial charge in [0.2, 0.25) is 11.8 Å². The zero-order valence-electron chi connectivity index (χ0n) is 15.9. The van der Waals surface area contributed by atoms with Gasteiger partial charge in [-0.3, -0.25) is 14.4 Å². The molecule has 134 valence electrons. The van der Waals surface area contributed by atoms with E-state index in [1.807, 2.05) is 39.8 Å². The Kier molecular flexibility index (Phi) is 7.91. The van der Waals surface area contributed by atoms with Crippen LogP contribution in [-0.4, -0.2) is 55.7 Å². The third-order valence-corrected chi connectivity index (χ3v) is 3.39. The van der Waals surface area contributed by atoms with Gasteiger partial charge in [-0.05, 0) is 14.1 Å². The van der Waals surface area contributed by atoms with Gasteiger partial charge in [0.05, 0.1) is 0 Å². The Bertz CT molecular complexity index is 403. The molecule has 0 aliphatic rings. The van der Waals surface area contributed by atoms with Crippen molar-refractivity contribution in [1.29, 1.82) is 0 Å². The molecule has 23 heavy (non-hydrogen) atoms. The number of hydrogen-bond acceptors (Lipinski definition) is 4. The highest BCUT2D eigenvalue weighted by molar-refractivity contribution is 5.94. The van der Waals surface area contributed by atoms with E-state index in [2.05, 4.69) is 10.6 Å². The van der Waals surface area contributed by atoms with Gasteiger partial charge in [0, 0.05) is 30.3 Å². The molecule has 0 aromatic carbocycles. The Morgan fingerprint density at radius 1 is 0.957 bits per heavy atom. The largest absolute Gasteiger partial charge is 0.353 e. The van der Waals surface area contributed by atoms with E-state index in [1.54, 1.807) is 20.8 Å². The molecule has 0 saturated carbocycles. The van der Waals surface area contributed by atoms with Crippen molar-refractivity contribution in [1.82, 2.24) is 15.5 Å². The van der Waals surface area contributed by atoms with Crippen molar-refractivity contribution in [3.63, 3.8) is 0 Å². The first-order valence-electron chi connectivity index (χ1n) is 8.02. The van der Waals surface area contributed by atoms with Crippen LogP contribution in [0.25, 0.3) is 0 Å². The molecule has 0 aromatic rings. The fourth-order valence-electron chi connectivity index (χ4n) is 1.60. The molecule has 0 aliphatic heterocycles. The third kappa shape index (κ3) is 8.69. The predicted molar refractivity (Wildman–Crippen MR) is 92.0 cm³/mol. The molecule has 6 nitrogen and oxygen atoms in total. The summed E-state index contributed by atoms with van der Waals surface area (Å²) < 4.78 is 0. The van der Waals surface area contributed by atoms with Crippen LogP contribution in [-0.2, 0) is 14.4 Å². The number of carbonyl (C=O) groups excluding carboxylic acids is 3. The second kappa shape index (κ2) is 8.43. The van der Waals surface area contributed by atoms with Crippen LogP contribution in [0.5, 0.6) is 0 Å². The van der Waals surface area contributed by atoms with Crippen LogP contribution in [0, 0.1) is 10.8 Å². The number of likely N-dealkylation sites (N-methyl/N-ethyl adjacent to an activating group) is 1. The van der Waals surface area contributed by atoms with Gasteiger partial charge >= 0.3 is 0 Å². The predicted octanol–water partition coefficient (Wildman–Crippen LogP) is 1.20. The number of Topliss-reactive ketones (excluding diaryl/α,β-unsaturated/α-hetero) is 1. The van der Waals surface area contributed by atoms with Crippen molar-refractivity contribution in [3.8, 4) is 0 Å². The molecular weight excluding hydrogens is 294 g/mol. The normalized spacial score (nSPS) is 13.6. The number of hydrogen-bond donors (Lipinski definition) is 2. The van der Waals surface area contributed by atoms with E-state index in [0.717, 1.165) is 0 Å². The first kappa shape index (κ1) is 21.6. The second-order valence-corrected chi connectivity index (χ2v) is 8.25. The Morgan fingerprint density at radius 3 is 1.87 bits per heavy atom. The SMILES string of the molecule is CN(C)CCNC(=O)C(CC(=O)C(C)(C)C)NC(=O)C(C)(C)C. The van der Waals surface area contributed by atoms with E-state index in [9.17, 15) is 14.4 Å². The average Bonchev–Trinajstić information content (AvgIpc) is 2.34. The molecule has 0 aromatic heterocycles. The Morgan fingerprint density at radius 2 is 1.48 bits per heavy atom. The molecule has 0 saturated heterocycles. The lowest BCUT2D eigenvalue weighted by atomic mass is 9.86.